The van der Waals surface area contributed by atoms with E-state index in [0.29, 0.717) is 0 Å². The molecule has 0 aliphatic carbocycles. The number of halogens is 1. The van der Waals surface area contributed by atoms with Gasteiger partial charge in [-0.05, 0) is 12.1 Å². The number of hydrogen-bond donors (Lipinski definition) is 1. The number of sulfonamides is 1. The third-order valence-electron chi connectivity index (χ3n) is 2.29. The Kier molecular flexibility index (Phi) is 5.06. The van der Waals surface area contributed by atoms with E-state index in [1.807, 2.05) is 0 Å². The molecular weight excluding hydrogens is 278 g/mol. The quantitative estimate of drug-likeness (QED) is 0.801. The summed E-state index contributed by atoms with van der Waals surface area (Å²) in [7, 11) is -2.36. The summed E-state index contributed by atoms with van der Waals surface area (Å²) in [4.78, 5) is 14.9. The fraction of sp³-hybridized carbons (Fsp3) is 0.400. The maximum atomic E-state index is 12.3. The summed E-state index contributed by atoms with van der Waals surface area (Å²) in [5.74, 6) is -0.388. The molecule has 1 N–H and O–H groups in total. The first-order chi connectivity index (χ1) is 8.43. The summed E-state index contributed by atoms with van der Waals surface area (Å²) in [6.07, 6.45) is 1.40. The van der Waals surface area contributed by atoms with Crippen molar-refractivity contribution in [1.82, 2.24) is 14.6 Å². The molecule has 100 valence electrons. The van der Waals surface area contributed by atoms with Crippen LogP contribution in [-0.4, -0.2) is 43.8 Å². The van der Waals surface area contributed by atoms with Gasteiger partial charge < -0.3 is 5.32 Å². The van der Waals surface area contributed by atoms with Crippen molar-refractivity contribution in [1.29, 1.82) is 0 Å². The maximum absolute atomic E-state index is 12.3. The molecule has 0 aliphatic heterocycles. The van der Waals surface area contributed by atoms with Crippen molar-refractivity contribution >= 4 is 27.5 Å². The SMILES string of the molecule is CCN(CC(=O)NC)S(=O)(=O)c1cccnc1Cl. The Morgan fingerprint density at radius 1 is 1.56 bits per heavy atom. The van der Waals surface area contributed by atoms with Crippen LogP contribution in [0.3, 0.4) is 0 Å². The minimum Gasteiger partial charge on any atom is -0.358 e. The van der Waals surface area contributed by atoms with Crippen molar-refractivity contribution in [3.8, 4) is 0 Å². The Morgan fingerprint density at radius 2 is 2.22 bits per heavy atom. The lowest BCUT2D eigenvalue weighted by atomic mass is 10.5. The molecule has 1 rings (SSSR count). The number of hydrogen-bond acceptors (Lipinski definition) is 4. The first-order valence-electron chi connectivity index (χ1n) is 5.24. The largest absolute Gasteiger partial charge is 0.358 e. The molecular formula is C10H14ClN3O3S. The van der Waals surface area contributed by atoms with Crippen LogP contribution in [0.4, 0.5) is 0 Å². The van der Waals surface area contributed by atoms with E-state index < -0.39 is 10.0 Å². The fourth-order valence-corrected chi connectivity index (χ4v) is 3.14. The summed E-state index contributed by atoms with van der Waals surface area (Å²) in [6, 6.07) is 2.84. The van der Waals surface area contributed by atoms with Gasteiger partial charge in [-0.25, -0.2) is 13.4 Å². The molecule has 1 aromatic heterocycles. The molecule has 1 amide bonds. The van der Waals surface area contributed by atoms with Crippen LogP contribution in [0.2, 0.25) is 5.15 Å². The van der Waals surface area contributed by atoms with Crippen LogP contribution in [0.5, 0.6) is 0 Å². The molecule has 1 aromatic rings. The van der Waals surface area contributed by atoms with Crippen molar-refractivity contribution in [3.05, 3.63) is 23.5 Å². The average molecular weight is 292 g/mol. The number of aromatic nitrogens is 1. The molecule has 0 unspecified atom stereocenters. The molecule has 0 saturated heterocycles. The molecule has 0 fully saturated rings. The molecule has 18 heavy (non-hydrogen) atoms. The van der Waals surface area contributed by atoms with E-state index in [9.17, 15) is 13.2 Å². The monoisotopic (exact) mass is 291 g/mol. The van der Waals surface area contributed by atoms with Crippen LogP contribution in [-0.2, 0) is 14.8 Å². The standard InChI is InChI=1S/C10H14ClN3O3S/c1-3-14(7-9(15)12-2)18(16,17)8-5-4-6-13-10(8)11/h4-6H,3,7H2,1-2H3,(H,12,15). The Balaban J connectivity index is 3.12. The zero-order chi connectivity index (χ0) is 13.8. The van der Waals surface area contributed by atoms with Crippen LogP contribution in [0, 0.1) is 0 Å². The van der Waals surface area contributed by atoms with Gasteiger partial charge in [0.25, 0.3) is 0 Å². The molecule has 0 bridgehead atoms. The number of nitrogens with one attached hydrogen (secondary N) is 1. The Morgan fingerprint density at radius 3 is 2.72 bits per heavy atom. The van der Waals surface area contributed by atoms with E-state index in [2.05, 4.69) is 10.3 Å². The number of amides is 1. The second kappa shape index (κ2) is 6.12. The summed E-state index contributed by atoms with van der Waals surface area (Å²) < 4.78 is 25.6. The van der Waals surface area contributed by atoms with Crippen LogP contribution >= 0.6 is 11.6 Å². The van der Waals surface area contributed by atoms with Gasteiger partial charge in [0.1, 0.15) is 10.0 Å². The second-order valence-electron chi connectivity index (χ2n) is 3.40. The highest BCUT2D eigenvalue weighted by Crippen LogP contribution is 2.21. The smallest absolute Gasteiger partial charge is 0.246 e. The lowest BCUT2D eigenvalue weighted by Crippen LogP contribution is -2.39. The minimum absolute atomic E-state index is 0.0996. The number of rotatable bonds is 5. The van der Waals surface area contributed by atoms with Gasteiger partial charge in [-0.2, -0.15) is 4.31 Å². The van der Waals surface area contributed by atoms with Gasteiger partial charge in [0, 0.05) is 19.8 Å². The van der Waals surface area contributed by atoms with Crippen LogP contribution in [0.15, 0.2) is 23.2 Å². The summed E-state index contributed by atoms with van der Waals surface area (Å²) in [5.41, 5.74) is 0. The zero-order valence-electron chi connectivity index (χ0n) is 10.1. The topological polar surface area (TPSA) is 79.4 Å². The normalized spacial score (nSPS) is 11.6. The third-order valence-corrected chi connectivity index (χ3v) is 4.66. The molecule has 0 spiro atoms. The highest BCUT2D eigenvalue weighted by molar-refractivity contribution is 7.89. The van der Waals surface area contributed by atoms with Gasteiger partial charge in [0.15, 0.2) is 0 Å². The average Bonchev–Trinajstić information content (AvgIpc) is 2.35. The van der Waals surface area contributed by atoms with Crippen molar-refractivity contribution in [3.63, 3.8) is 0 Å². The molecule has 8 heteroatoms. The second-order valence-corrected chi connectivity index (χ2v) is 5.66. The van der Waals surface area contributed by atoms with Crippen molar-refractivity contribution in [2.24, 2.45) is 0 Å². The zero-order valence-corrected chi connectivity index (χ0v) is 11.6. The number of carbonyl (C=O) groups excluding carboxylic acids is 1. The Bertz CT molecular complexity index is 533. The predicted octanol–water partition coefficient (Wildman–Crippen LogP) is 0.492. The summed E-state index contributed by atoms with van der Waals surface area (Å²) in [5, 5.41) is 2.27. The van der Waals surface area contributed by atoms with Crippen molar-refractivity contribution in [2.45, 2.75) is 11.8 Å². The van der Waals surface area contributed by atoms with Gasteiger partial charge in [0.2, 0.25) is 15.9 Å². The number of likely N-dealkylation sites (N-methyl/N-ethyl adjacent to an activating group) is 2. The molecule has 0 atom stereocenters. The maximum Gasteiger partial charge on any atom is 0.246 e. The van der Waals surface area contributed by atoms with Crippen LogP contribution in [0.25, 0.3) is 0 Å². The number of pyridine rings is 1. The molecule has 0 aliphatic rings. The Labute approximate surface area is 111 Å². The van der Waals surface area contributed by atoms with E-state index in [0.717, 1.165) is 4.31 Å². The first-order valence-corrected chi connectivity index (χ1v) is 7.06. The fourth-order valence-electron chi connectivity index (χ4n) is 1.31. The molecule has 0 radical (unpaired) electrons. The van der Waals surface area contributed by atoms with Crippen molar-refractivity contribution < 1.29 is 13.2 Å². The molecule has 6 nitrogen and oxygen atoms in total. The van der Waals surface area contributed by atoms with E-state index in [4.69, 9.17) is 11.6 Å². The molecule has 0 saturated carbocycles. The van der Waals surface area contributed by atoms with Crippen LogP contribution in [0.1, 0.15) is 6.92 Å². The Hall–Kier alpha value is -1.18. The lowest BCUT2D eigenvalue weighted by molar-refractivity contribution is -0.120. The van der Waals surface area contributed by atoms with E-state index >= 15 is 0 Å². The molecule has 1 heterocycles. The first kappa shape index (κ1) is 14.9. The predicted molar refractivity (Wildman–Crippen MR) is 67.7 cm³/mol. The molecule has 0 aromatic carbocycles. The van der Waals surface area contributed by atoms with Gasteiger partial charge in [-0.3, -0.25) is 4.79 Å². The van der Waals surface area contributed by atoms with Gasteiger partial charge in [0.05, 0.1) is 6.54 Å². The van der Waals surface area contributed by atoms with Gasteiger partial charge in [-0.1, -0.05) is 18.5 Å². The van der Waals surface area contributed by atoms with Gasteiger partial charge in [-0.15, -0.1) is 0 Å². The van der Waals surface area contributed by atoms with Gasteiger partial charge >= 0.3 is 0 Å². The third kappa shape index (κ3) is 3.18. The highest BCUT2D eigenvalue weighted by atomic mass is 35.5. The van der Waals surface area contributed by atoms with Crippen LogP contribution < -0.4 is 5.32 Å². The van der Waals surface area contributed by atoms with E-state index in [1.54, 1.807) is 6.92 Å². The minimum atomic E-state index is -3.81. The van der Waals surface area contributed by atoms with Crippen molar-refractivity contribution in [2.75, 3.05) is 20.1 Å². The van der Waals surface area contributed by atoms with E-state index in [1.165, 1.54) is 25.4 Å². The summed E-state index contributed by atoms with van der Waals surface area (Å²) >= 11 is 5.76. The number of nitrogens with zero attached hydrogens (tertiary/aromatic N) is 2. The summed E-state index contributed by atoms with van der Waals surface area (Å²) in [6.45, 7) is 1.56. The number of carbonyl (C=O) groups is 1. The van der Waals surface area contributed by atoms with E-state index in [-0.39, 0.29) is 29.0 Å². The lowest BCUT2D eigenvalue weighted by Gasteiger charge is -2.19. The highest BCUT2D eigenvalue weighted by Gasteiger charge is 2.27.